The summed E-state index contributed by atoms with van der Waals surface area (Å²) in [5.74, 6) is 0. The van der Waals surface area contributed by atoms with Gasteiger partial charge in [0.05, 0.1) is 0 Å². The Morgan fingerprint density at radius 1 is 1.12 bits per heavy atom. The van der Waals surface area contributed by atoms with Gasteiger partial charge in [-0.1, -0.05) is 30.4 Å². The van der Waals surface area contributed by atoms with Gasteiger partial charge in [0.25, 0.3) is 0 Å². The number of rotatable bonds is 3. The topological polar surface area (TPSA) is 42.4 Å². The zero-order valence-corrected chi connectivity index (χ0v) is 14.9. The average molecular weight is 324 g/mol. The average Bonchev–Trinajstić information content (AvgIpc) is 2.52. The van der Waals surface area contributed by atoms with Crippen LogP contribution in [-0.2, 0) is 4.74 Å². The van der Waals surface area contributed by atoms with Crippen LogP contribution in [-0.4, -0.2) is 23.7 Å². The predicted octanol–water partition coefficient (Wildman–Crippen LogP) is 4.93. The summed E-state index contributed by atoms with van der Waals surface area (Å²) >= 11 is 0. The molecule has 1 aromatic heterocycles. The Balaban J connectivity index is 2.08. The number of aryl methyl sites for hydroxylation is 1. The molecule has 0 saturated carbocycles. The molecule has 126 valence electrons. The molecule has 1 aromatic carbocycles. The minimum Gasteiger partial charge on any atom is -0.443 e. The van der Waals surface area contributed by atoms with Gasteiger partial charge in [0, 0.05) is 24.6 Å². The third-order valence-corrected chi connectivity index (χ3v) is 3.45. The second-order valence-electron chi connectivity index (χ2n) is 6.64. The van der Waals surface area contributed by atoms with Gasteiger partial charge in [0.15, 0.2) is 0 Å². The van der Waals surface area contributed by atoms with Crippen molar-refractivity contribution < 1.29 is 9.53 Å². The zero-order valence-electron chi connectivity index (χ0n) is 14.9. The van der Waals surface area contributed by atoms with E-state index >= 15 is 0 Å². The van der Waals surface area contributed by atoms with Gasteiger partial charge in [0.2, 0.25) is 0 Å². The van der Waals surface area contributed by atoms with E-state index in [9.17, 15) is 4.79 Å². The quantitative estimate of drug-likeness (QED) is 0.804. The van der Waals surface area contributed by atoms with E-state index in [-0.39, 0.29) is 6.09 Å². The molecule has 0 aliphatic carbocycles. The van der Waals surface area contributed by atoms with Crippen LogP contribution in [0.2, 0.25) is 0 Å². The third-order valence-electron chi connectivity index (χ3n) is 3.45. The molecule has 4 heteroatoms. The van der Waals surface area contributed by atoms with Gasteiger partial charge in [-0.2, -0.15) is 0 Å². The lowest BCUT2D eigenvalue weighted by molar-refractivity contribution is 0.0589. The summed E-state index contributed by atoms with van der Waals surface area (Å²) in [5.41, 5.74) is 3.43. The molecule has 0 unspecified atom stereocenters. The first-order valence-corrected chi connectivity index (χ1v) is 7.93. The number of benzene rings is 1. The second kappa shape index (κ2) is 7.30. The fourth-order valence-corrected chi connectivity index (χ4v) is 2.10. The van der Waals surface area contributed by atoms with Crippen LogP contribution >= 0.6 is 0 Å². The summed E-state index contributed by atoms with van der Waals surface area (Å²) in [4.78, 5) is 17.8. The lowest BCUT2D eigenvalue weighted by atomic mass is 10.1. The molecule has 0 radical (unpaired) electrons. The van der Waals surface area contributed by atoms with Crippen molar-refractivity contribution in [2.45, 2.75) is 33.3 Å². The highest BCUT2D eigenvalue weighted by Gasteiger charge is 2.20. The van der Waals surface area contributed by atoms with E-state index in [1.54, 1.807) is 13.2 Å². The van der Waals surface area contributed by atoms with E-state index in [0.717, 1.165) is 22.5 Å². The maximum absolute atomic E-state index is 12.1. The number of carbonyl (C=O) groups is 1. The highest BCUT2D eigenvalue weighted by molar-refractivity contribution is 5.87. The van der Waals surface area contributed by atoms with Crippen molar-refractivity contribution >= 4 is 23.9 Å². The fourth-order valence-electron chi connectivity index (χ4n) is 2.10. The number of carbonyl (C=O) groups excluding carboxylic acids is 1. The summed E-state index contributed by atoms with van der Waals surface area (Å²) in [7, 11) is 1.71. The van der Waals surface area contributed by atoms with Gasteiger partial charge in [-0.3, -0.25) is 9.88 Å². The first-order valence-electron chi connectivity index (χ1n) is 7.93. The van der Waals surface area contributed by atoms with Crippen molar-refractivity contribution in [2.75, 3.05) is 11.9 Å². The molecule has 0 atom stereocenters. The number of amides is 1. The largest absolute Gasteiger partial charge is 0.443 e. The highest BCUT2D eigenvalue weighted by Crippen LogP contribution is 2.19. The van der Waals surface area contributed by atoms with Gasteiger partial charge in [-0.15, -0.1) is 0 Å². The Bertz CT molecular complexity index is 728. The Hall–Kier alpha value is -2.62. The van der Waals surface area contributed by atoms with Gasteiger partial charge in [-0.25, -0.2) is 4.79 Å². The minimum absolute atomic E-state index is 0.364. The van der Waals surface area contributed by atoms with Crippen LogP contribution < -0.4 is 4.90 Å². The van der Waals surface area contributed by atoms with Crippen molar-refractivity contribution in [1.82, 2.24) is 4.98 Å². The molecule has 1 heterocycles. The normalized spacial score (nSPS) is 11.5. The van der Waals surface area contributed by atoms with Gasteiger partial charge in [0.1, 0.15) is 5.60 Å². The molecule has 0 N–H and O–H groups in total. The molecule has 0 bridgehead atoms. The maximum Gasteiger partial charge on any atom is 0.414 e. The molecule has 24 heavy (non-hydrogen) atoms. The first kappa shape index (κ1) is 17.7. The van der Waals surface area contributed by atoms with E-state index in [0.29, 0.717) is 0 Å². The molecule has 1 amide bonds. The summed E-state index contributed by atoms with van der Waals surface area (Å²) in [6.45, 7) is 7.55. The van der Waals surface area contributed by atoms with Crippen molar-refractivity contribution in [3.8, 4) is 0 Å². The van der Waals surface area contributed by atoms with E-state index in [1.165, 1.54) is 4.90 Å². The lowest BCUT2D eigenvalue weighted by Gasteiger charge is -2.24. The molecule has 0 aliphatic heterocycles. The van der Waals surface area contributed by atoms with E-state index in [4.69, 9.17) is 4.74 Å². The van der Waals surface area contributed by atoms with E-state index in [1.807, 2.05) is 76.2 Å². The molecule has 0 fully saturated rings. The van der Waals surface area contributed by atoms with Crippen LogP contribution in [0, 0.1) is 6.92 Å². The number of pyridine rings is 1. The van der Waals surface area contributed by atoms with Crippen molar-refractivity contribution in [3.05, 3.63) is 59.4 Å². The third kappa shape index (κ3) is 4.95. The number of hydrogen-bond acceptors (Lipinski definition) is 3. The monoisotopic (exact) mass is 324 g/mol. The number of hydrogen-bond donors (Lipinski definition) is 0. The van der Waals surface area contributed by atoms with E-state index in [2.05, 4.69) is 4.98 Å². The molecular formula is C20H24N2O2. The molecule has 4 nitrogen and oxygen atoms in total. The lowest BCUT2D eigenvalue weighted by Crippen LogP contribution is -2.34. The smallest absolute Gasteiger partial charge is 0.414 e. The van der Waals surface area contributed by atoms with Crippen LogP contribution in [0.15, 0.2) is 42.6 Å². The minimum atomic E-state index is -0.504. The standard InChI is InChI=1S/C20H24N2O2/c1-15-17(7-6-14-21-15)11-8-16-9-12-18(13-10-16)22(5)19(23)24-20(2,3)4/h6-14H,1-5H3/b11-8+. The summed E-state index contributed by atoms with van der Waals surface area (Å²) in [6.07, 6.45) is 5.49. The Morgan fingerprint density at radius 3 is 2.38 bits per heavy atom. The predicted molar refractivity (Wildman–Crippen MR) is 99.0 cm³/mol. The van der Waals surface area contributed by atoms with Gasteiger partial charge >= 0.3 is 6.09 Å². The van der Waals surface area contributed by atoms with Gasteiger partial charge < -0.3 is 4.74 Å². The van der Waals surface area contributed by atoms with Crippen molar-refractivity contribution in [2.24, 2.45) is 0 Å². The Morgan fingerprint density at radius 2 is 1.79 bits per heavy atom. The summed E-state index contributed by atoms with van der Waals surface area (Å²) < 4.78 is 5.37. The molecular weight excluding hydrogens is 300 g/mol. The van der Waals surface area contributed by atoms with E-state index < -0.39 is 5.60 Å². The number of nitrogens with zero attached hydrogens (tertiary/aromatic N) is 2. The number of aromatic nitrogens is 1. The zero-order chi connectivity index (χ0) is 17.7. The van der Waals surface area contributed by atoms with Crippen LogP contribution in [0.5, 0.6) is 0 Å². The van der Waals surface area contributed by atoms with Crippen LogP contribution in [0.1, 0.15) is 37.6 Å². The first-order chi connectivity index (χ1) is 11.3. The SMILES string of the molecule is Cc1ncccc1/C=C/c1ccc(N(C)C(=O)OC(C)(C)C)cc1. The Labute approximate surface area is 143 Å². The van der Waals surface area contributed by atoms with Crippen molar-refractivity contribution in [1.29, 1.82) is 0 Å². The maximum atomic E-state index is 12.1. The van der Waals surface area contributed by atoms with Crippen LogP contribution in [0.4, 0.5) is 10.5 Å². The molecule has 0 spiro atoms. The molecule has 0 saturated heterocycles. The highest BCUT2D eigenvalue weighted by atomic mass is 16.6. The number of anilines is 1. The Kier molecular flexibility index (Phi) is 5.39. The molecule has 0 aliphatic rings. The molecule has 2 rings (SSSR count). The van der Waals surface area contributed by atoms with Crippen molar-refractivity contribution in [3.63, 3.8) is 0 Å². The summed E-state index contributed by atoms with van der Waals surface area (Å²) in [5, 5.41) is 0. The van der Waals surface area contributed by atoms with Crippen LogP contribution in [0.25, 0.3) is 12.2 Å². The molecule has 2 aromatic rings. The second-order valence-corrected chi connectivity index (χ2v) is 6.64. The summed E-state index contributed by atoms with van der Waals surface area (Å²) in [6, 6.07) is 11.7. The van der Waals surface area contributed by atoms with Crippen LogP contribution in [0.3, 0.4) is 0 Å². The number of ether oxygens (including phenoxy) is 1. The van der Waals surface area contributed by atoms with Gasteiger partial charge in [-0.05, 0) is 57.0 Å². The fraction of sp³-hybridized carbons (Fsp3) is 0.300.